The number of rotatable bonds is 5. The summed E-state index contributed by atoms with van der Waals surface area (Å²) in [6, 6.07) is 4.56. The molecule has 0 radical (unpaired) electrons. The van der Waals surface area contributed by atoms with Gasteiger partial charge in [-0.3, -0.25) is 9.52 Å². The minimum absolute atomic E-state index is 0.273. The average Bonchev–Trinajstić information content (AvgIpc) is 2.27. The third-order valence-corrected chi connectivity index (χ3v) is 3.34. The molecule has 0 saturated carbocycles. The van der Waals surface area contributed by atoms with Crippen LogP contribution in [0, 0.1) is 0 Å². The normalized spacial score (nSPS) is 12.0. The highest BCUT2D eigenvalue weighted by Crippen LogP contribution is 2.32. The van der Waals surface area contributed by atoms with Gasteiger partial charge in [-0.15, -0.1) is 0 Å². The van der Waals surface area contributed by atoms with Gasteiger partial charge in [-0.25, -0.2) is 8.42 Å². The summed E-state index contributed by atoms with van der Waals surface area (Å²) < 4.78 is 29.8. The van der Waals surface area contributed by atoms with E-state index in [9.17, 15) is 13.2 Å². The number of ether oxygens (including phenoxy) is 1. The lowest BCUT2D eigenvalue weighted by molar-refractivity contribution is -0.142. The van der Waals surface area contributed by atoms with E-state index in [2.05, 4.69) is 4.72 Å². The molecule has 0 aliphatic carbocycles. The fourth-order valence-corrected chi connectivity index (χ4v) is 2.06. The number of carbonyl (C=O) groups is 1. The first-order valence-corrected chi connectivity index (χ1v) is 7.37. The minimum atomic E-state index is -3.42. The lowest BCUT2D eigenvalue weighted by atomic mass is 9.84. The van der Waals surface area contributed by atoms with Crippen LogP contribution in [0.4, 0.5) is 5.69 Å². The highest BCUT2D eigenvalue weighted by Gasteiger charge is 2.30. The van der Waals surface area contributed by atoms with Crippen molar-refractivity contribution >= 4 is 21.7 Å². The molecule has 106 valence electrons. The van der Waals surface area contributed by atoms with Gasteiger partial charge in [-0.1, -0.05) is 6.07 Å². The molecule has 6 nitrogen and oxygen atoms in total. The zero-order valence-corrected chi connectivity index (χ0v) is 12.0. The molecule has 1 aromatic rings. The van der Waals surface area contributed by atoms with E-state index in [0.29, 0.717) is 5.56 Å². The smallest absolute Gasteiger partial charge is 0.313 e. The average molecular weight is 287 g/mol. The van der Waals surface area contributed by atoms with E-state index in [-0.39, 0.29) is 11.4 Å². The molecule has 0 aliphatic heterocycles. The summed E-state index contributed by atoms with van der Waals surface area (Å²) in [4.78, 5) is 11.2. The van der Waals surface area contributed by atoms with Crippen molar-refractivity contribution in [3.63, 3.8) is 0 Å². The molecule has 0 heterocycles. The number of methoxy groups -OCH3 is 1. The Balaban J connectivity index is 3.27. The van der Waals surface area contributed by atoms with Crippen LogP contribution in [-0.4, -0.2) is 32.9 Å². The van der Waals surface area contributed by atoms with Gasteiger partial charge in [0.2, 0.25) is 10.0 Å². The second kappa shape index (κ2) is 5.08. The number of anilines is 1. The van der Waals surface area contributed by atoms with Crippen molar-refractivity contribution in [2.24, 2.45) is 0 Å². The molecule has 0 aliphatic rings. The maximum atomic E-state index is 11.2. The van der Waals surface area contributed by atoms with E-state index in [1.54, 1.807) is 19.9 Å². The van der Waals surface area contributed by atoms with Crippen molar-refractivity contribution in [1.82, 2.24) is 0 Å². The number of sulfonamides is 1. The van der Waals surface area contributed by atoms with Crippen LogP contribution in [-0.2, 0) is 20.2 Å². The first-order chi connectivity index (χ1) is 8.58. The predicted octanol–water partition coefficient (Wildman–Crippen LogP) is 1.43. The fourth-order valence-electron chi connectivity index (χ4n) is 1.49. The van der Waals surface area contributed by atoms with Gasteiger partial charge < -0.3 is 9.84 Å². The summed E-state index contributed by atoms with van der Waals surface area (Å²) in [6.45, 7) is 3.13. The highest BCUT2D eigenvalue weighted by molar-refractivity contribution is 7.92. The molecule has 7 heteroatoms. The van der Waals surface area contributed by atoms with Gasteiger partial charge in [0, 0.05) is 0 Å². The molecular weight excluding hydrogens is 270 g/mol. The molecule has 1 rings (SSSR count). The summed E-state index contributed by atoms with van der Waals surface area (Å²) in [7, 11) is -2.03. The van der Waals surface area contributed by atoms with E-state index >= 15 is 0 Å². The molecule has 0 aromatic heterocycles. The van der Waals surface area contributed by atoms with Crippen LogP contribution >= 0.6 is 0 Å². The third-order valence-electron chi connectivity index (χ3n) is 2.75. The van der Waals surface area contributed by atoms with Gasteiger partial charge in [-0.05, 0) is 31.5 Å². The van der Waals surface area contributed by atoms with Crippen molar-refractivity contribution in [1.29, 1.82) is 0 Å². The maximum Gasteiger partial charge on any atom is 0.313 e. The quantitative estimate of drug-likeness (QED) is 0.854. The number of aliphatic carboxylic acids is 1. The van der Waals surface area contributed by atoms with Crippen LogP contribution in [0.3, 0.4) is 0 Å². The Labute approximate surface area is 112 Å². The molecule has 0 unspecified atom stereocenters. The van der Waals surface area contributed by atoms with E-state index in [4.69, 9.17) is 9.84 Å². The molecule has 19 heavy (non-hydrogen) atoms. The Morgan fingerprint density at radius 2 is 1.95 bits per heavy atom. The molecule has 1 aromatic carbocycles. The Hall–Kier alpha value is -1.76. The fraction of sp³-hybridized carbons (Fsp3) is 0.417. The van der Waals surface area contributed by atoms with E-state index in [1.807, 2.05) is 0 Å². The second-order valence-corrected chi connectivity index (χ2v) is 6.47. The topological polar surface area (TPSA) is 92.7 Å². The Morgan fingerprint density at radius 1 is 1.37 bits per heavy atom. The standard InChI is InChI=1S/C12H17NO5S/c1-12(2,11(14)15)8-5-6-9(10(7-8)18-3)13-19(4,16)17/h5-7,13H,1-4H3,(H,14,15). The van der Waals surface area contributed by atoms with Crippen molar-refractivity contribution in [2.75, 3.05) is 18.1 Å². The van der Waals surface area contributed by atoms with Crippen molar-refractivity contribution < 1.29 is 23.1 Å². The molecule has 0 saturated heterocycles. The summed E-state index contributed by atoms with van der Waals surface area (Å²) in [6.07, 6.45) is 1.03. The second-order valence-electron chi connectivity index (χ2n) is 4.72. The monoisotopic (exact) mass is 287 g/mol. The molecule has 0 spiro atoms. The van der Waals surface area contributed by atoms with Crippen LogP contribution < -0.4 is 9.46 Å². The summed E-state index contributed by atoms with van der Waals surface area (Å²) >= 11 is 0. The number of hydrogen-bond acceptors (Lipinski definition) is 4. The third kappa shape index (κ3) is 3.60. The van der Waals surface area contributed by atoms with Gasteiger partial charge in [0.15, 0.2) is 0 Å². The molecule has 0 atom stereocenters. The summed E-state index contributed by atoms with van der Waals surface area (Å²) in [5.41, 5.74) is -0.289. The molecular formula is C12H17NO5S. The number of nitrogens with one attached hydrogen (secondary N) is 1. The first-order valence-electron chi connectivity index (χ1n) is 5.47. The van der Waals surface area contributed by atoms with Crippen LogP contribution in [0.5, 0.6) is 5.75 Å². The predicted molar refractivity (Wildman–Crippen MR) is 72.1 cm³/mol. The highest BCUT2D eigenvalue weighted by atomic mass is 32.2. The zero-order chi connectivity index (χ0) is 14.8. The number of carboxylic acid groups (broad SMARTS) is 1. The zero-order valence-electron chi connectivity index (χ0n) is 11.2. The molecule has 0 fully saturated rings. The van der Waals surface area contributed by atoms with Gasteiger partial charge >= 0.3 is 5.97 Å². The van der Waals surface area contributed by atoms with E-state index in [0.717, 1.165) is 6.26 Å². The number of benzene rings is 1. The lowest BCUT2D eigenvalue weighted by Crippen LogP contribution is -2.28. The van der Waals surface area contributed by atoms with Crippen LogP contribution in [0.2, 0.25) is 0 Å². The van der Waals surface area contributed by atoms with Crippen molar-refractivity contribution in [3.8, 4) is 5.75 Å². The Morgan fingerprint density at radius 3 is 2.37 bits per heavy atom. The van der Waals surface area contributed by atoms with Crippen LogP contribution in [0.1, 0.15) is 19.4 Å². The van der Waals surface area contributed by atoms with E-state index in [1.165, 1.54) is 19.2 Å². The summed E-state index contributed by atoms with van der Waals surface area (Å²) in [5, 5.41) is 9.16. The lowest BCUT2D eigenvalue weighted by Gasteiger charge is -2.21. The van der Waals surface area contributed by atoms with Gasteiger partial charge in [0.05, 0.1) is 24.5 Å². The minimum Gasteiger partial charge on any atom is -0.495 e. The van der Waals surface area contributed by atoms with Crippen molar-refractivity contribution in [3.05, 3.63) is 23.8 Å². The van der Waals surface area contributed by atoms with Gasteiger partial charge in [0.1, 0.15) is 5.75 Å². The van der Waals surface area contributed by atoms with Gasteiger partial charge in [-0.2, -0.15) is 0 Å². The SMILES string of the molecule is COc1cc(C(C)(C)C(=O)O)ccc1NS(C)(=O)=O. The van der Waals surface area contributed by atoms with Crippen molar-refractivity contribution in [2.45, 2.75) is 19.3 Å². The maximum absolute atomic E-state index is 11.2. The molecule has 2 N–H and O–H groups in total. The number of carboxylic acids is 1. The Kier molecular flexibility index (Phi) is 4.09. The van der Waals surface area contributed by atoms with Crippen LogP contribution in [0.15, 0.2) is 18.2 Å². The van der Waals surface area contributed by atoms with E-state index < -0.39 is 21.4 Å². The molecule has 0 bridgehead atoms. The largest absolute Gasteiger partial charge is 0.495 e. The van der Waals surface area contributed by atoms with Gasteiger partial charge in [0.25, 0.3) is 0 Å². The summed E-state index contributed by atoms with van der Waals surface area (Å²) in [5.74, 6) is -0.698. The first kappa shape index (κ1) is 15.3. The van der Waals surface area contributed by atoms with Crippen LogP contribution in [0.25, 0.3) is 0 Å². The molecule has 0 amide bonds. The Bertz CT molecular complexity index is 592. The number of hydrogen-bond donors (Lipinski definition) is 2.